The summed E-state index contributed by atoms with van der Waals surface area (Å²) in [5.41, 5.74) is 3.66. The van der Waals surface area contributed by atoms with Crippen LogP contribution in [0.3, 0.4) is 0 Å². The van der Waals surface area contributed by atoms with Crippen LogP contribution < -0.4 is 0 Å². The van der Waals surface area contributed by atoms with Gasteiger partial charge >= 0.3 is 0 Å². The third-order valence-corrected chi connectivity index (χ3v) is 5.56. The van der Waals surface area contributed by atoms with Crippen LogP contribution in [0.25, 0.3) is 0 Å². The average molecular weight is 361 g/mol. The Hall–Kier alpha value is -0.980. The molecule has 0 unspecified atom stereocenters. The second kappa shape index (κ2) is 15.1. The summed E-state index contributed by atoms with van der Waals surface area (Å²) in [5, 5.41) is 10.4. The first-order chi connectivity index (χ1) is 12.7. The number of benzene rings is 1. The summed E-state index contributed by atoms with van der Waals surface area (Å²) >= 11 is 0. The normalized spacial score (nSPS) is 11.2. The largest absolute Gasteiger partial charge is 0.507 e. The summed E-state index contributed by atoms with van der Waals surface area (Å²) in [5.74, 6) is 0.541. The van der Waals surface area contributed by atoms with Crippen molar-refractivity contribution in [1.82, 2.24) is 0 Å². The molecule has 1 aromatic rings. The van der Waals surface area contributed by atoms with Crippen molar-refractivity contribution in [3.8, 4) is 5.75 Å². The van der Waals surface area contributed by atoms with Gasteiger partial charge in [-0.3, -0.25) is 0 Å². The third kappa shape index (κ3) is 10.2. The minimum Gasteiger partial charge on any atom is -0.507 e. The van der Waals surface area contributed by atoms with Gasteiger partial charge in [0, 0.05) is 0 Å². The van der Waals surface area contributed by atoms with Gasteiger partial charge < -0.3 is 5.11 Å². The van der Waals surface area contributed by atoms with Crippen molar-refractivity contribution >= 4 is 0 Å². The molecular weight excluding hydrogens is 316 g/mol. The number of aryl methyl sites for hydroxylation is 3. The third-order valence-electron chi connectivity index (χ3n) is 5.56. The average Bonchev–Trinajstić information content (AvgIpc) is 2.63. The van der Waals surface area contributed by atoms with Gasteiger partial charge in [0.2, 0.25) is 0 Å². The van der Waals surface area contributed by atoms with Gasteiger partial charge in [-0.15, -0.1) is 0 Å². The number of rotatable bonds is 16. The Morgan fingerprint density at radius 1 is 0.615 bits per heavy atom. The van der Waals surface area contributed by atoms with Crippen LogP contribution in [0.15, 0.2) is 12.1 Å². The minimum absolute atomic E-state index is 0.541. The zero-order chi connectivity index (χ0) is 19.0. The van der Waals surface area contributed by atoms with E-state index in [1.54, 1.807) is 0 Å². The van der Waals surface area contributed by atoms with Crippen LogP contribution in [0.4, 0.5) is 0 Å². The van der Waals surface area contributed by atoms with E-state index in [9.17, 15) is 5.11 Å². The lowest BCUT2D eigenvalue weighted by Gasteiger charge is -2.11. The van der Waals surface area contributed by atoms with E-state index in [-0.39, 0.29) is 0 Å². The maximum Gasteiger partial charge on any atom is 0.121 e. The first-order valence-electron chi connectivity index (χ1n) is 11.5. The maximum absolute atomic E-state index is 10.4. The lowest BCUT2D eigenvalue weighted by atomic mass is 9.96. The molecule has 1 heteroatoms. The van der Waals surface area contributed by atoms with Crippen LogP contribution in [0.1, 0.15) is 120 Å². The maximum atomic E-state index is 10.4. The molecule has 26 heavy (non-hydrogen) atoms. The Kier molecular flexibility index (Phi) is 13.4. The monoisotopic (exact) mass is 360 g/mol. The molecule has 0 saturated carbocycles. The first kappa shape index (κ1) is 23.1. The molecule has 1 N–H and O–H groups in total. The Labute approximate surface area is 163 Å². The Morgan fingerprint density at radius 3 is 1.62 bits per heavy atom. The van der Waals surface area contributed by atoms with E-state index in [2.05, 4.69) is 32.9 Å². The highest BCUT2D eigenvalue weighted by Crippen LogP contribution is 2.27. The van der Waals surface area contributed by atoms with Crippen molar-refractivity contribution in [3.63, 3.8) is 0 Å². The molecule has 1 aromatic carbocycles. The molecule has 0 aliphatic carbocycles. The van der Waals surface area contributed by atoms with E-state index in [1.165, 1.54) is 107 Å². The van der Waals surface area contributed by atoms with Crippen molar-refractivity contribution in [3.05, 3.63) is 28.8 Å². The fourth-order valence-corrected chi connectivity index (χ4v) is 3.83. The predicted octanol–water partition coefficient (Wildman–Crippen LogP) is 8.29. The summed E-state index contributed by atoms with van der Waals surface area (Å²) < 4.78 is 0. The second-order valence-corrected chi connectivity index (χ2v) is 8.16. The molecular formula is C25H44O. The Morgan fingerprint density at radius 2 is 1.08 bits per heavy atom. The molecule has 1 nitrogen and oxygen atoms in total. The smallest absolute Gasteiger partial charge is 0.121 e. The van der Waals surface area contributed by atoms with Gasteiger partial charge in [0.25, 0.3) is 0 Å². The SMILES string of the molecule is CCCCCCCCCc1cc(C)c(O)c(CCCCCCCCC)c1. The minimum atomic E-state index is 0.541. The standard InChI is InChI=1S/C25H44O/c1-4-6-8-10-12-14-16-18-23-20-22(3)25(26)24(21-23)19-17-15-13-11-9-7-5-2/h20-21,26H,4-19H2,1-3H3. The molecule has 1 rings (SSSR count). The van der Waals surface area contributed by atoms with Crippen LogP contribution in [0, 0.1) is 6.92 Å². The molecule has 0 saturated heterocycles. The van der Waals surface area contributed by atoms with Crippen molar-refractivity contribution in [1.29, 1.82) is 0 Å². The highest BCUT2D eigenvalue weighted by Gasteiger charge is 2.07. The summed E-state index contributed by atoms with van der Waals surface area (Å²) in [6.07, 6.45) is 21.0. The number of unbranched alkanes of at least 4 members (excludes halogenated alkanes) is 12. The zero-order valence-corrected chi connectivity index (χ0v) is 17.9. The van der Waals surface area contributed by atoms with Crippen molar-refractivity contribution in [2.24, 2.45) is 0 Å². The lowest BCUT2D eigenvalue weighted by molar-refractivity contribution is 0.461. The first-order valence-corrected chi connectivity index (χ1v) is 11.5. The highest BCUT2D eigenvalue weighted by molar-refractivity contribution is 5.43. The molecule has 0 radical (unpaired) electrons. The molecule has 0 heterocycles. The zero-order valence-electron chi connectivity index (χ0n) is 17.9. The Bertz CT molecular complexity index is 463. The number of hydrogen-bond donors (Lipinski definition) is 1. The molecule has 0 aliphatic heterocycles. The molecule has 150 valence electrons. The number of phenolic OH excluding ortho intramolecular Hbond substituents is 1. The van der Waals surface area contributed by atoms with Gasteiger partial charge in [0.1, 0.15) is 5.75 Å². The summed E-state index contributed by atoms with van der Waals surface area (Å²) in [7, 11) is 0. The van der Waals surface area contributed by atoms with Crippen molar-refractivity contribution in [2.45, 2.75) is 124 Å². The number of hydrogen-bond acceptors (Lipinski definition) is 1. The van der Waals surface area contributed by atoms with E-state index < -0.39 is 0 Å². The van der Waals surface area contributed by atoms with Gasteiger partial charge in [0.05, 0.1) is 0 Å². The number of aromatic hydroxyl groups is 1. The molecule has 0 aliphatic rings. The van der Waals surface area contributed by atoms with Crippen LogP contribution in [0.2, 0.25) is 0 Å². The van der Waals surface area contributed by atoms with E-state index in [4.69, 9.17) is 0 Å². The van der Waals surface area contributed by atoms with Gasteiger partial charge in [0.15, 0.2) is 0 Å². The molecule has 0 fully saturated rings. The fraction of sp³-hybridized carbons (Fsp3) is 0.760. The van der Waals surface area contributed by atoms with Crippen LogP contribution in [-0.4, -0.2) is 5.11 Å². The fourth-order valence-electron chi connectivity index (χ4n) is 3.83. The van der Waals surface area contributed by atoms with E-state index in [1.807, 2.05) is 0 Å². The van der Waals surface area contributed by atoms with E-state index >= 15 is 0 Å². The van der Waals surface area contributed by atoms with Crippen LogP contribution >= 0.6 is 0 Å². The lowest BCUT2D eigenvalue weighted by Crippen LogP contribution is -1.94. The second-order valence-electron chi connectivity index (χ2n) is 8.16. The molecule has 0 amide bonds. The summed E-state index contributed by atoms with van der Waals surface area (Å²) in [6.45, 7) is 6.60. The van der Waals surface area contributed by atoms with E-state index in [0.717, 1.165) is 12.0 Å². The highest BCUT2D eigenvalue weighted by atomic mass is 16.3. The molecule has 0 spiro atoms. The molecule has 0 bridgehead atoms. The predicted molar refractivity (Wildman–Crippen MR) is 116 cm³/mol. The Balaban J connectivity index is 2.31. The van der Waals surface area contributed by atoms with E-state index in [0.29, 0.717) is 5.75 Å². The molecule has 0 atom stereocenters. The topological polar surface area (TPSA) is 20.2 Å². The molecule has 0 aromatic heterocycles. The van der Waals surface area contributed by atoms with Gasteiger partial charge in [-0.25, -0.2) is 0 Å². The summed E-state index contributed by atoms with van der Waals surface area (Å²) in [4.78, 5) is 0. The van der Waals surface area contributed by atoms with Crippen LogP contribution in [-0.2, 0) is 12.8 Å². The van der Waals surface area contributed by atoms with Gasteiger partial charge in [-0.05, 0) is 49.3 Å². The van der Waals surface area contributed by atoms with Gasteiger partial charge in [-0.2, -0.15) is 0 Å². The van der Waals surface area contributed by atoms with Crippen LogP contribution in [0.5, 0.6) is 5.75 Å². The van der Waals surface area contributed by atoms with Crippen molar-refractivity contribution < 1.29 is 5.11 Å². The summed E-state index contributed by atoms with van der Waals surface area (Å²) in [6, 6.07) is 4.47. The van der Waals surface area contributed by atoms with Crippen molar-refractivity contribution in [2.75, 3.05) is 0 Å². The quantitative estimate of drug-likeness (QED) is 0.294. The number of phenols is 1. The van der Waals surface area contributed by atoms with Gasteiger partial charge in [-0.1, -0.05) is 103 Å².